The number of thioether (sulfide) groups is 1. The van der Waals surface area contributed by atoms with E-state index in [2.05, 4.69) is 26.8 Å². The van der Waals surface area contributed by atoms with Crippen LogP contribution in [0.4, 0.5) is 0 Å². The van der Waals surface area contributed by atoms with Gasteiger partial charge in [-0.15, -0.1) is 11.8 Å². The summed E-state index contributed by atoms with van der Waals surface area (Å²) in [5, 5.41) is 9.13. The van der Waals surface area contributed by atoms with Crippen LogP contribution in [0, 0.1) is 11.3 Å². The van der Waals surface area contributed by atoms with Crippen LogP contribution in [0.25, 0.3) is 0 Å². The summed E-state index contributed by atoms with van der Waals surface area (Å²) in [6, 6.07) is 2.08. The highest BCUT2D eigenvalue weighted by atomic mass is 32.2. The number of amidine groups is 1. The molecular formula is C14H21N3S. The summed E-state index contributed by atoms with van der Waals surface area (Å²) in [5.74, 6) is 0.723. The first-order valence-corrected chi connectivity index (χ1v) is 7.41. The summed E-state index contributed by atoms with van der Waals surface area (Å²) in [5.41, 5.74) is 8.99. The van der Waals surface area contributed by atoms with Crippen molar-refractivity contribution in [1.82, 2.24) is 4.98 Å². The molecule has 1 aliphatic rings. The zero-order valence-corrected chi connectivity index (χ0v) is 12.1. The molecule has 0 aliphatic heterocycles. The Labute approximate surface area is 113 Å². The highest BCUT2D eigenvalue weighted by Gasteiger charge is 2.20. The lowest BCUT2D eigenvalue weighted by atomic mass is 10.1. The van der Waals surface area contributed by atoms with E-state index in [0.29, 0.717) is 11.2 Å². The van der Waals surface area contributed by atoms with Gasteiger partial charge in [-0.05, 0) is 36.8 Å². The van der Waals surface area contributed by atoms with Crippen LogP contribution in [0.5, 0.6) is 0 Å². The Hall–Kier alpha value is -1.03. The molecule has 0 aromatic carbocycles. The Morgan fingerprint density at radius 2 is 2.11 bits per heavy atom. The molecule has 1 aliphatic carbocycles. The maximum atomic E-state index is 7.71. The van der Waals surface area contributed by atoms with Gasteiger partial charge >= 0.3 is 0 Å². The molecule has 1 unspecified atom stereocenters. The van der Waals surface area contributed by atoms with Gasteiger partial charge in [0.05, 0.1) is 0 Å². The molecule has 1 aromatic heterocycles. The lowest BCUT2D eigenvalue weighted by Gasteiger charge is -2.17. The molecule has 0 bridgehead atoms. The second-order valence-electron chi connectivity index (χ2n) is 5.28. The Morgan fingerprint density at radius 3 is 2.72 bits per heavy atom. The maximum Gasteiger partial charge on any atom is 0.125 e. The highest BCUT2D eigenvalue weighted by molar-refractivity contribution is 7.99. The molecule has 1 heterocycles. The third kappa shape index (κ3) is 2.69. The first kappa shape index (κ1) is 13.4. The number of aryl methyl sites for hydroxylation is 2. The Balaban J connectivity index is 2.35. The molecule has 0 saturated heterocycles. The van der Waals surface area contributed by atoms with E-state index in [4.69, 9.17) is 16.1 Å². The summed E-state index contributed by atoms with van der Waals surface area (Å²) >= 11 is 1.74. The van der Waals surface area contributed by atoms with Crippen molar-refractivity contribution in [3.05, 3.63) is 22.9 Å². The molecule has 0 radical (unpaired) electrons. The average Bonchev–Trinajstić information content (AvgIpc) is 2.74. The van der Waals surface area contributed by atoms with Gasteiger partial charge < -0.3 is 5.73 Å². The van der Waals surface area contributed by atoms with Crippen molar-refractivity contribution in [2.45, 2.75) is 50.3 Å². The molecule has 1 aromatic rings. The van der Waals surface area contributed by atoms with E-state index in [1.807, 2.05) is 0 Å². The van der Waals surface area contributed by atoms with Gasteiger partial charge in [-0.3, -0.25) is 5.41 Å². The smallest absolute Gasteiger partial charge is 0.125 e. The van der Waals surface area contributed by atoms with E-state index in [1.165, 1.54) is 17.7 Å². The average molecular weight is 263 g/mol. The molecule has 3 N–H and O–H groups in total. The Morgan fingerprint density at radius 1 is 1.39 bits per heavy atom. The molecule has 0 saturated carbocycles. The Bertz CT molecular complexity index is 468. The monoisotopic (exact) mass is 263 g/mol. The summed E-state index contributed by atoms with van der Waals surface area (Å²) in [6.45, 7) is 6.62. The van der Waals surface area contributed by atoms with Gasteiger partial charge in [0, 0.05) is 16.5 Å². The van der Waals surface area contributed by atoms with Gasteiger partial charge in [0.15, 0.2) is 0 Å². The lowest BCUT2D eigenvalue weighted by molar-refractivity contribution is 0.641. The normalized spacial score (nSPS) is 15.8. The number of nitrogens with zero attached hydrogens (tertiary/aromatic N) is 1. The maximum absolute atomic E-state index is 7.71. The molecule has 3 nitrogen and oxygen atoms in total. The van der Waals surface area contributed by atoms with Crippen molar-refractivity contribution < 1.29 is 0 Å². The van der Waals surface area contributed by atoms with Crippen LogP contribution in [0.3, 0.4) is 0 Å². The molecule has 4 heteroatoms. The van der Waals surface area contributed by atoms with Gasteiger partial charge in [-0.2, -0.15) is 0 Å². The van der Waals surface area contributed by atoms with E-state index in [1.54, 1.807) is 11.8 Å². The van der Waals surface area contributed by atoms with Gasteiger partial charge in [-0.25, -0.2) is 4.98 Å². The van der Waals surface area contributed by atoms with E-state index in [9.17, 15) is 0 Å². The first-order valence-electron chi connectivity index (χ1n) is 6.53. The quantitative estimate of drug-likeness (QED) is 0.498. The first-order chi connectivity index (χ1) is 8.49. The zero-order valence-electron chi connectivity index (χ0n) is 11.3. The SMILES string of the molecule is CC(C)C(C)Sc1nc2c(cc1C(=N)N)CCC2. The summed E-state index contributed by atoms with van der Waals surface area (Å²) in [7, 11) is 0. The van der Waals surface area contributed by atoms with Crippen LogP contribution in [0.15, 0.2) is 11.1 Å². The fourth-order valence-electron chi connectivity index (χ4n) is 2.05. The zero-order chi connectivity index (χ0) is 13.3. The highest BCUT2D eigenvalue weighted by Crippen LogP contribution is 2.32. The van der Waals surface area contributed by atoms with Crippen molar-refractivity contribution in [1.29, 1.82) is 5.41 Å². The largest absolute Gasteiger partial charge is 0.384 e. The summed E-state index contributed by atoms with van der Waals surface area (Å²) in [6.07, 6.45) is 3.32. The van der Waals surface area contributed by atoms with Crippen LogP contribution in [-0.4, -0.2) is 16.1 Å². The topological polar surface area (TPSA) is 62.8 Å². The number of nitrogens with one attached hydrogen (secondary N) is 1. The Kier molecular flexibility index (Phi) is 3.95. The second-order valence-corrected chi connectivity index (χ2v) is 6.65. The van der Waals surface area contributed by atoms with Crippen molar-refractivity contribution in [2.24, 2.45) is 11.7 Å². The fraction of sp³-hybridized carbons (Fsp3) is 0.571. The third-order valence-electron chi connectivity index (χ3n) is 3.54. The number of hydrogen-bond donors (Lipinski definition) is 2. The second kappa shape index (κ2) is 5.31. The van der Waals surface area contributed by atoms with Crippen LogP contribution in [0.1, 0.15) is 44.0 Å². The fourth-order valence-corrected chi connectivity index (χ4v) is 3.13. The van der Waals surface area contributed by atoms with Crippen molar-refractivity contribution in [2.75, 3.05) is 0 Å². The molecule has 0 spiro atoms. The summed E-state index contributed by atoms with van der Waals surface area (Å²) in [4.78, 5) is 4.74. The number of nitrogen functional groups attached to an aromatic ring is 1. The van der Waals surface area contributed by atoms with Crippen LogP contribution in [-0.2, 0) is 12.8 Å². The van der Waals surface area contributed by atoms with Gasteiger partial charge in [-0.1, -0.05) is 20.8 Å². The third-order valence-corrected chi connectivity index (χ3v) is 4.99. The van der Waals surface area contributed by atoms with Crippen LogP contribution in [0.2, 0.25) is 0 Å². The number of aromatic nitrogens is 1. The molecule has 0 fully saturated rings. The van der Waals surface area contributed by atoms with Gasteiger partial charge in [0.25, 0.3) is 0 Å². The molecule has 1 atom stereocenters. The minimum atomic E-state index is 0.135. The van der Waals surface area contributed by atoms with E-state index >= 15 is 0 Å². The molecular weight excluding hydrogens is 242 g/mol. The minimum absolute atomic E-state index is 0.135. The van der Waals surface area contributed by atoms with Crippen molar-refractivity contribution in [3.63, 3.8) is 0 Å². The molecule has 0 amide bonds. The summed E-state index contributed by atoms with van der Waals surface area (Å²) < 4.78 is 0. The van der Waals surface area contributed by atoms with Gasteiger partial charge in [0.2, 0.25) is 0 Å². The standard InChI is InChI=1S/C14H21N3S/c1-8(2)9(3)18-14-11(13(15)16)7-10-5-4-6-12(10)17-14/h7-9H,4-6H2,1-3H3,(H3,15,16). The lowest BCUT2D eigenvalue weighted by Crippen LogP contribution is -2.16. The molecule has 18 heavy (non-hydrogen) atoms. The van der Waals surface area contributed by atoms with Gasteiger partial charge in [0.1, 0.15) is 10.9 Å². The number of pyridine rings is 1. The number of fused-ring (bicyclic) bond motifs is 1. The number of hydrogen-bond acceptors (Lipinski definition) is 3. The van der Waals surface area contributed by atoms with E-state index in [0.717, 1.165) is 23.4 Å². The van der Waals surface area contributed by atoms with Crippen LogP contribution >= 0.6 is 11.8 Å². The predicted molar refractivity (Wildman–Crippen MR) is 77.4 cm³/mol. The van der Waals surface area contributed by atoms with E-state index in [-0.39, 0.29) is 5.84 Å². The van der Waals surface area contributed by atoms with Crippen LogP contribution < -0.4 is 5.73 Å². The van der Waals surface area contributed by atoms with Crippen molar-refractivity contribution in [3.8, 4) is 0 Å². The predicted octanol–water partition coefficient (Wildman–Crippen LogP) is 2.99. The van der Waals surface area contributed by atoms with Crippen molar-refractivity contribution >= 4 is 17.6 Å². The molecule has 2 rings (SSSR count). The molecule has 98 valence electrons. The minimum Gasteiger partial charge on any atom is -0.384 e. The van der Waals surface area contributed by atoms with E-state index < -0.39 is 0 Å². The number of rotatable bonds is 4. The number of nitrogens with two attached hydrogens (primary N) is 1.